The molecule has 0 spiro atoms. The third kappa shape index (κ3) is 4.07. The number of nitrogens with one attached hydrogen (secondary N) is 2. The summed E-state index contributed by atoms with van der Waals surface area (Å²) in [5, 5.41) is 16.3. The van der Waals surface area contributed by atoms with Gasteiger partial charge in [0.1, 0.15) is 6.10 Å². The summed E-state index contributed by atoms with van der Waals surface area (Å²) in [6.45, 7) is 0.551. The summed E-state index contributed by atoms with van der Waals surface area (Å²) in [5.41, 5.74) is 0.902. The van der Waals surface area contributed by atoms with Crippen LogP contribution in [0.25, 0.3) is 0 Å². The Hall–Kier alpha value is -3.19. The SMILES string of the molecule is O=C([O-])c1cccc(NC(=O)c2ccccc2NC(=O)[C@H]2CCCO2)c1. The number of hydrogen-bond donors (Lipinski definition) is 2. The molecule has 1 aliphatic heterocycles. The van der Waals surface area contributed by atoms with E-state index in [0.717, 1.165) is 6.42 Å². The molecule has 0 aromatic heterocycles. The van der Waals surface area contributed by atoms with Crippen LogP contribution in [0, 0.1) is 0 Å². The molecular weight excluding hydrogens is 336 g/mol. The number of ether oxygens (including phenoxy) is 1. The molecular formula is C19H17N2O5-. The molecule has 0 unspecified atom stereocenters. The molecule has 2 aromatic carbocycles. The van der Waals surface area contributed by atoms with Crippen molar-refractivity contribution < 1.29 is 24.2 Å². The van der Waals surface area contributed by atoms with Gasteiger partial charge in [-0.1, -0.05) is 24.3 Å². The summed E-state index contributed by atoms with van der Waals surface area (Å²) >= 11 is 0. The first kappa shape index (κ1) is 17.6. The quantitative estimate of drug-likeness (QED) is 0.845. The molecule has 0 radical (unpaired) electrons. The number of carbonyl (C=O) groups excluding carboxylic acids is 3. The van der Waals surface area contributed by atoms with E-state index in [9.17, 15) is 19.5 Å². The molecule has 7 heteroatoms. The van der Waals surface area contributed by atoms with Gasteiger partial charge in [0.05, 0.1) is 17.2 Å². The monoisotopic (exact) mass is 353 g/mol. The zero-order valence-corrected chi connectivity index (χ0v) is 13.9. The van der Waals surface area contributed by atoms with E-state index >= 15 is 0 Å². The normalized spacial score (nSPS) is 16.1. The van der Waals surface area contributed by atoms with Crippen molar-refractivity contribution in [2.45, 2.75) is 18.9 Å². The predicted molar refractivity (Wildman–Crippen MR) is 92.8 cm³/mol. The van der Waals surface area contributed by atoms with Gasteiger partial charge in [-0.15, -0.1) is 0 Å². The standard InChI is InChI=1S/C19H18N2O5/c22-17(20-13-6-3-5-12(11-13)19(24)25)14-7-1-2-8-15(14)21-18(23)16-9-4-10-26-16/h1-3,5-8,11,16H,4,9-10H2,(H,20,22)(H,21,23)(H,24,25)/p-1/t16-/m1/s1. The molecule has 7 nitrogen and oxygen atoms in total. The minimum absolute atomic E-state index is 0.0391. The number of rotatable bonds is 5. The first-order chi connectivity index (χ1) is 12.5. The highest BCUT2D eigenvalue weighted by Gasteiger charge is 2.24. The molecule has 1 atom stereocenters. The van der Waals surface area contributed by atoms with E-state index in [1.54, 1.807) is 30.3 Å². The molecule has 1 fully saturated rings. The average Bonchev–Trinajstić information content (AvgIpc) is 3.17. The van der Waals surface area contributed by atoms with Gasteiger partial charge in [0.25, 0.3) is 11.8 Å². The Morgan fingerprint density at radius 2 is 1.85 bits per heavy atom. The van der Waals surface area contributed by atoms with Crippen LogP contribution in [0.3, 0.4) is 0 Å². The second-order valence-corrected chi connectivity index (χ2v) is 5.86. The van der Waals surface area contributed by atoms with E-state index < -0.39 is 18.0 Å². The number of aromatic carboxylic acids is 1. The van der Waals surface area contributed by atoms with E-state index in [0.29, 0.717) is 24.4 Å². The fourth-order valence-corrected chi connectivity index (χ4v) is 2.71. The largest absolute Gasteiger partial charge is 0.545 e. The van der Waals surface area contributed by atoms with E-state index in [-0.39, 0.29) is 17.0 Å². The Labute approximate surface area is 150 Å². The number of para-hydroxylation sites is 1. The van der Waals surface area contributed by atoms with E-state index in [2.05, 4.69) is 10.6 Å². The lowest BCUT2D eigenvalue weighted by molar-refractivity contribution is -0.255. The van der Waals surface area contributed by atoms with Crippen molar-refractivity contribution in [3.05, 3.63) is 59.7 Å². The Bertz CT molecular complexity index is 843. The Kier molecular flexibility index (Phi) is 5.28. The van der Waals surface area contributed by atoms with Crippen molar-refractivity contribution in [1.82, 2.24) is 0 Å². The summed E-state index contributed by atoms with van der Waals surface area (Å²) in [4.78, 5) is 35.7. The van der Waals surface area contributed by atoms with Gasteiger partial charge in [-0.05, 0) is 42.7 Å². The van der Waals surface area contributed by atoms with Crippen LogP contribution in [-0.2, 0) is 9.53 Å². The zero-order valence-electron chi connectivity index (χ0n) is 13.9. The van der Waals surface area contributed by atoms with Crippen LogP contribution in [0.4, 0.5) is 11.4 Å². The number of carboxylic acid groups (broad SMARTS) is 1. The molecule has 2 aromatic rings. The fourth-order valence-electron chi connectivity index (χ4n) is 2.71. The minimum atomic E-state index is -1.33. The van der Waals surface area contributed by atoms with Crippen molar-refractivity contribution in [1.29, 1.82) is 0 Å². The smallest absolute Gasteiger partial charge is 0.257 e. The van der Waals surface area contributed by atoms with E-state index in [1.165, 1.54) is 18.2 Å². The van der Waals surface area contributed by atoms with Crippen LogP contribution in [0.15, 0.2) is 48.5 Å². The molecule has 1 heterocycles. The maximum Gasteiger partial charge on any atom is 0.257 e. The van der Waals surface area contributed by atoms with Gasteiger partial charge < -0.3 is 25.3 Å². The number of anilines is 2. The first-order valence-corrected chi connectivity index (χ1v) is 8.19. The van der Waals surface area contributed by atoms with Crippen LogP contribution in [0.2, 0.25) is 0 Å². The Morgan fingerprint density at radius 1 is 1.04 bits per heavy atom. The van der Waals surface area contributed by atoms with Gasteiger partial charge in [-0.2, -0.15) is 0 Å². The van der Waals surface area contributed by atoms with Crippen molar-refractivity contribution in [3.8, 4) is 0 Å². The van der Waals surface area contributed by atoms with Crippen molar-refractivity contribution in [2.24, 2.45) is 0 Å². The second kappa shape index (κ2) is 7.79. The average molecular weight is 353 g/mol. The van der Waals surface area contributed by atoms with Gasteiger partial charge in [-0.25, -0.2) is 0 Å². The van der Waals surface area contributed by atoms with Gasteiger partial charge in [0, 0.05) is 12.3 Å². The lowest BCUT2D eigenvalue weighted by Crippen LogP contribution is -2.28. The lowest BCUT2D eigenvalue weighted by atomic mass is 10.1. The fraction of sp³-hybridized carbons (Fsp3) is 0.211. The Morgan fingerprint density at radius 3 is 2.58 bits per heavy atom. The minimum Gasteiger partial charge on any atom is -0.545 e. The molecule has 0 bridgehead atoms. The van der Waals surface area contributed by atoms with Gasteiger partial charge in [0.2, 0.25) is 0 Å². The second-order valence-electron chi connectivity index (χ2n) is 5.86. The third-order valence-corrected chi connectivity index (χ3v) is 4.01. The van der Waals surface area contributed by atoms with Crippen LogP contribution in [0.1, 0.15) is 33.6 Å². The summed E-state index contributed by atoms with van der Waals surface area (Å²) in [7, 11) is 0. The summed E-state index contributed by atoms with van der Waals surface area (Å²) in [6.07, 6.45) is 0.969. The number of carboxylic acids is 1. The lowest BCUT2D eigenvalue weighted by Gasteiger charge is -2.14. The molecule has 2 amide bonds. The molecule has 2 N–H and O–H groups in total. The van der Waals surface area contributed by atoms with Gasteiger partial charge in [0.15, 0.2) is 0 Å². The van der Waals surface area contributed by atoms with Gasteiger partial charge >= 0.3 is 0 Å². The van der Waals surface area contributed by atoms with Gasteiger partial charge in [-0.3, -0.25) is 9.59 Å². The highest BCUT2D eigenvalue weighted by molar-refractivity contribution is 6.10. The maximum atomic E-state index is 12.6. The molecule has 0 aliphatic carbocycles. The number of hydrogen-bond acceptors (Lipinski definition) is 5. The molecule has 134 valence electrons. The third-order valence-electron chi connectivity index (χ3n) is 4.01. The number of carbonyl (C=O) groups is 3. The van der Waals surface area contributed by atoms with Crippen LogP contribution >= 0.6 is 0 Å². The summed E-state index contributed by atoms with van der Waals surface area (Å²) < 4.78 is 5.34. The van der Waals surface area contributed by atoms with Crippen LogP contribution in [-0.4, -0.2) is 30.5 Å². The van der Waals surface area contributed by atoms with Crippen molar-refractivity contribution >= 4 is 29.2 Å². The van der Waals surface area contributed by atoms with Crippen LogP contribution < -0.4 is 15.7 Å². The van der Waals surface area contributed by atoms with Crippen molar-refractivity contribution in [3.63, 3.8) is 0 Å². The number of benzene rings is 2. The highest BCUT2D eigenvalue weighted by Crippen LogP contribution is 2.20. The summed E-state index contributed by atoms with van der Waals surface area (Å²) in [6, 6.07) is 12.3. The first-order valence-electron chi connectivity index (χ1n) is 8.19. The highest BCUT2D eigenvalue weighted by atomic mass is 16.5. The molecule has 3 rings (SSSR count). The van der Waals surface area contributed by atoms with Crippen molar-refractivity contribution in [2.75, 3.05) is 17.2 Å². The topological polar surface area (TPSA) is 108 Å². The maximum absolute atomic E-state index is 12.6. The zero-order chi connectivity index (χ0) is 18.5. The number of amides is 2. The molecule has 1 aliphatic rings. The Balaban J connectivity index is 1.76. The molecule has 26 heavy (non-hydrogen) atoms. The molecule has 0 saturated carbocycles. The van der Waals surface area contributed by atoms with Crippen LogP contribution in [0.5, 0.6) is 0 Å². The van der Waals surface area contributed by atoms with E-state index in [1.807, 2.05) is 0 Å². The summed E-state index contributed by atoms with van der Waals surface area (Å²) in [5.74, 6) is -2.09. The molecule has 1 saturated heterocycles. The van der Waals surface area contributed by atoms with E-state index in [4.69, 9.17) is 4.74 Å². The predicted octanol–water partition coefficient (Wildman–Crippen LogP) is 1.42.